The van der Waals surface area contributed by atoms with E-state index in [-0.39, 0.29) is 12.1 Å². The predicted octanol–water partition coefficient (Wildman–Crippen LogP) is 3.94. The molecular weight excluding hydrogens is 402 g/mol. The highest BCUT2D eigenvalue weighted by atomic mass is 32.1. The van der Waals surface area contributed by atoms with E-state index in [1.165, 1.54) is 11.3 Å². The third-order valence-electron chi connectivity index (χ3n) is 4.47. The number of rotatable bonds is 8. The van der Waals surface area contributed by atoms with Crippen molar-refractivity contribution in [3.8, 4) is 16.3 Å². The number of amides is 1. The molecule has 1 saturated heterocycles. The Morgan fingerprint density at radius 2 is 1.97 bits per heavy atom. The molecule has 0 atom stereocenters. The van der Waals surface area contributed by atoms with Crippen molar-refractivity contribution in [2.75, 3.05) is 39.5 Å². The summed E-state index contributed by atoms with van der Waals surface area (Å²) >= 11 is 1.52. The first-order valence-electron chi connectivity index (χ1n) is 10.3. The summed E-state index contributed by atoms with van der Waals surface area (Å²) in [6.07, 6.45) is 2.33. The topological polar surface area (TPSA) is 72.9 Å². The average molecular weight is 434 g/mol. The molecule has 1 aliphatic heterocycles. The number of aromatic nitrogens is 1. The van der Waals surface area contributed by atoms with Gasteiger partial charge in [-0.05, 0) is 51.5 Å². The maximum atomic E-state index is 11.8. The quantitative estimate of drug-likeness (QED) is 0.636. The fourth-order valence-electron chi connectivity index (χ4n) is 2.98. The second-order valence-corrected chi connectivity index (χ2v) is 9.38. The van der Waals surface area contributed by atoms with Gasteiger partial charge in [-0.25, -0.2) is 9.78 Å². The molecule has 7 nitrogen and oxygen atoms in total. The minimum atomic E-state index is -0.424. The molecule has 0 bridgehead atoms. The standard InChI is InChI=1S/C22H31N3O4S/c1-22(2,3)24-21(26)29-16-19-15-23-20(30-19)17-5-7-18(8-6-17)28-12-4-9-25-10-13-27-14-11-25/h5-8,15H,4,9-14,16H2,1-3H3,(H,24,26). The number of carbonyl (C=O) groups excluding carboxylic acids is 1. The van der Waals surface area contributed by atoms with Gasteiger partial charge in [0.15, 0.2) is 0 Å². The second-order valence-electron chi connectivity index (χ2n) is 8.26. The first-order chi connectivity index (χ1) is 14.4. The molecule has 164 valence electrons. The van der Waals surface area contributed by atoms with Crippen LogP contribution >= 0.6 is 11.3 Å². The zero-order valence-corrected chi connectivity index (χ0v) is 18.8. The van der Waals surface area contributed by atoms with Crippen LogP contribution in [-0.2, 0) is 16.1 Å². The van der Waals surface area contributed by atoms with Crippen molar-refractivity contribution in [1.29, 1.82) is 0 Å². The lowest BCUT2D eigenvalue weighted by molar-refractivity contribution is 0.0358. The van der Waals surface area contributed by atoms with Gasteiger partial charge in [0.1, 0.15) is 17.4 Å². The lowest BCUT2D eigenvalue weighted by Crippen LogP contribution is -2.40. The Kier molecular flexibility index (Phi) is 8.07. The van der Waals surface area contributed by atoms with Crippen LogP contribution in [0.25, 0.3) is 10.6 Å². The van der Waals surface area contributed by atoms with Gasteiger partial charge in [-0.1, -0.05) is 0 Å². The first-order valence-corrected chi connectivity index (χ1v) is 11.1. The molecule has 0 aliphatic carbocycles. The Balaban J connectivity index is 1.41. The van der Waals surface area contributed by atoms with E-state index >= 15 is 0 Å². The maximum absolute atomic E-state index is 11.8. The summed E-state index contributed by atoms with van der Waals surface area (Å²) in [7, 11) is 0. The normalized spacial score (nSPS) is 15.0. The number of thiazole rings is 1. The van der Waals surface area contributed by atoms with Gasteiger partial charge in [0.2, 0.25) is 0 Å². The van der Waals surface area contributed by atoms with Crippen molar-refractivity contribution in [1.82, 2.24) is 15.2 Å². The summed E-state index contributed by atoms with van der Waals surface area (Å²) in [6, 6.07) is 7.96. The highest BCUT2D eigenvalue weighted by Gasteiger charge is 2.15. The summed E-state index contributed by atoms with van der Waals surface area (Å²) in [5.41, 5.74) is 0.702. The smallest absolute Gasteiger partial charge is 0.407 e. The lowest BCUT2D eigenvalue weighted by atomic mass is 10.1. The van der Waals surface area contributed by atoms with E-state index in [0.29, 0.717) is 6.61 Å². The monoisotopic (exact) mass is 433 g/mol. The summed E-state index contributed by atoms with van der Waals surface area (Å²) in [6.45, 7) is 11.4. The third kappa shape index (κ3) is 7.59. The predicted molar refractivity (Wildman–Crippen MR) is 118 cm³/mol. The number of nitrogens with zero attached hydrogens (tertiary/aromatic N) is 2. The molecule has 1 aliphatic rings. The van der Waals surface area contributed by atoms with E-state index in [1.807, 2.05) is 45.0 Å². The highest BCUT2D eigenvalue weighted by molar-refractivity contribution is 7.15. The van der Waals surface area contributed by atoms with E-state index in [1.54, 1.807) is 6.20 Å². The zero-order valence-electron chi connectivity index (χ0n) is 18.0. The summed E-state index contributed by atoms with van der Waals surface area (Å²) in [5, 5.41) is 3.67. The van der Waals surface area contributed by atoms with Crippen LogP contribution in [0.3, 0.4) is 0 Å². The van der Waals surface area contributed by atoms with Crippen LogP contribution in [0.15, 0.2) is 30.5 Å². The molecule has 0 radical (unpaired) electrons. The molecule has 1 N–H and O–H groups in total. The van der Waals surface area contributed by atoms with Crippen LogP contribution < -0.4 is 10.1 Å². The minimum absolute atomic E-state index is 0.212. The van der Waals surface area contributed by atoms with Crippen LogP contribution in [0.5, 0.6) is 5.75 Å². The zero-order chi connectivity index (χ0) is 21.4. The van der Waals surface area contributed by atoms with Gasteiger partial charge < -0.3 is 19.5 Å². The van der Waals surface area contributed by atoms with Crippen molar-refractivity contribution < 1.29 is 19.0 Å². The number of morpholine rings is 1. The molecule has 0 spiro atoms. The molecule has 0 unspecified atom stereocenters. The van der Waals surface area contributed by atoms with Gasteiger partial charge in [-0.2, -0.15) is 0 Å². The van der Waals surface area contributed by atoms with Crippen molar-refractivity contribution in [3.05, 3.63) is 35.3 Å². The van der Waals surface area contributed by atoms with Gasteiger partial charge in [0.05, 0.1) is 24.7 Å². The van der Waals surface area contributed by atoms with Gasteiger partial charge in [0, 0.05) is 36.9 Å². The van der Waals surface area contributed by atoms with Crippen LogP contribution in [0.1, 0.15) is 32.1 Å². The number of carbonyl (C=O) groups is 1. The first kappa shape index (κ1) is 22.5. The molecule has 0 saturated carbocycles. The number of hydrogen-bond acceptors (Lipinski definition) is 7. The summed E-state index contributed by atoms with van der Waals surface area (Å²) in [4.78, 5) is 19.5. The van der Waals surface area contributed by atoms with Gasteiger partial charge in [0.25, 0.3) is 0 Å². The fourth-order valence-corrected chi connectivity index (χ4v) is 3.81. The van der Waals surface area contributed by atoms with E-state index in [4.69, 9.17) is 14.2 Å². The second kappa shape index (κ2) is 10.7. The van der Waals surface area contributed by atoms with Gasteiger partial charge in [-0.15, -0.1) is 11.3 Å². The van der Waals surface area contributed by atoms with Crippen molar-refractivity contribution in [3.63, 3.8) is 0 Å². The highest BCUT2D eigenvalue weighted by Crippen LogP contribution is 2.27. The number of hydrogen-bond donors (Lipinski definition) is 1. The van der Waals surface area contributed by atoms with E-state index < -0.39 is 6.09 Å². The minimum Gasteiger partial charge on any atom is -0.494 e. The van der Waals surface area contributed by atoms with Crippen molar-refractivity contribution in [2.45, 2.75) is 39.3 Å². The Bertz CT molecular complexity index is 795. The molecule has 3 rings (SSSR count). The molecule has 1 fully saturated rings. The van der Waals surface area contributed by atoms with E-state index in [2.05, 4.69) is 15.2 Å². The van der Waals surface area contributed by atoms with E-state index in [0.717, 1.165) is 60.5 Å². The average Bonchev–Trinajstić information content (AvgIpc) is 3.19. The lowest BCUT2D eigenvalue weighted by Gasteiger charge is -2.26. The molecule has 1 aromatic heterocycles. The van der Waals surface area contributed by atoms with Gasteiger partial charge in [-0.3, -0.25) is 4.90 Å². The Hall–Kier alpha value is -2.16. The van der Waals surface area contributed by atoms with Crippen LogP contribution in [-0.4, -0.2) is 61.0 Å². The van der Waals surface area contributed by atoms with Gasteiger partial charge >= 0.3 is 6.09 Å². The van der Waals surface area contributed by atoms with E-state index in [9.17, 15) is 4.79 Å². The SMILES string of the molecule is CC(C)(C)NC(=O)OCc1cnc(-c2ccc(OCCCN3CCOCC3)cc2)s1. The fraction of sp³-hybridized carbons (Fsp3) is 0.545. The maximum Gasteiger partial charge on any atom is 0.407 e. The Morgan fingerprint density at radius 1 is 1.23 bits per heavy atom. The number of benzene rings is 1. The van der Waals surface area contributed by atoms with Crippen LogP contribution in [0.2, 0.25) is 0 Å². The summed E-state index contributed by atoms with van der Waals surface area (Å²) in [5.74, 6) is 0.861. The Morgan fingerprint density at radius 3 is 2.67 bits per heavy atom. The van der Waals surface area contributed by atoms with Crippen LogP contribution in [0.4, 0.5) is 4.79 Å². The largest absolute Gasteiger partial charge is 0.494 e. The molecular formula is C22H31N3O4S. The van der Waals surface area contributed by atoms with Crippen LogP contribution in [0, 0.1) is 0 Å². The summed E-state index contributed by atoms with van der Waals surface area (Å²) < 4.78 is 16.5. The number of alkyl carbamates (subject to hydrolysis) is 1. The third-order valence-corrected chi connectivity index (χ3v) is 5.49. The molecule has 2 aromatic rings. The van der Waals surface area contributed by atoms with Crippen molar-refractivity contribution >= 4 is 17.4 Å². The van der Waals surface area contributed by atoms with Crippen molar-refractivity contribution in [2.24, 2.45) is 0 Å². The molecule has 1 amide bonds. The number of ether oxygens (including phenoxy) is 3. The molecule has 30 heavy (non-hydrogen) atoms. The molecule has 2 heterocycles. The molecule has 1 aromatic carbocycles. The Labute approximate surface area is 182 Å². The number of nitrogens with one attached hydrogen (secondary N) is 1. The molecule has 8 heteroatoms.